The number of hydrogen-bond acceptors (Lipinski definition) is 3. The third kappa shape index (κ3) is 4.32. The lowest BCUT2D eigenvalue weighted by molar-refractivity contribution is -0.130. The van der Waals surface area contributed by atoms with Crippen LogP contribution in [0.15, 0.2) is 11.6 Å². The quantitative estimate of drug-likeness (QED) is 0.811. The lowest BCUT2D eigenvalue weighted by Gasteiger charge is -2.47. The Morgan fingerprint density at radius 3 is 2.45 bits per heavy atom. The van der Waals surface area contributed by atoms with Gasteiger partial charge in [-0.05, 0) is 52.5 Å². The molecule has 2 aliphatic rings. The third-order valence-electron chi connectivity index (χ3n) is 5.40. The minimum absolute atomic E-state index is 0.0350. The number of rotatable bonds is 4. The summed E-state index contributed by atoms with van der Waals surface area (Å²) in [5, 5.41) is 9.98. The van der Waals surface area contributed by atoms with E-state index in [2.05, 4.69) is 24.8 Å². The lowest BCUT2D eigenvalue weighted by atomic mass is 9.76. The molecule has 0 bridgehead atoms. The molecule has 2 aliphatic heterocycles. The maximum Gasteiger partial charge on any atom is 0.219 e. The standard InChI is InChI=1S/C18H32N2O2/c1-15(2)5-9-18(14-21)8-4-10-20(13-18)17-6-11-19(12-7-17)16(3)22/h5,17,21H,4,6-14H2,1-3H3/t18-/m0/s1. The smallest absolute Gasteiger partial charge is 0.219 e. The van der Waals surface area contributed by atoms with E-state index in [0.29, 0.717) is 6.04 Å². The summed E-state index contributed by atoms with van der Waals surface area (Å²) in [5.41, 5.74) is 1.37. The zero-order valence-electron chi connectivity index (χ0n) is 14.5. The number of aliphatic hydroxyl groups is 1. The summed E-state index contributed by atoms with van der Waals surface area (Å²) in [4.78, 5) is 16.0. The number of likely N-dealkylation sites (tertiary alicyclic amines) is 2. The van der Waals surface area contributed by atoms with E-state index in [4.69, 9.17) is 0 Å². The first-order chi connectivity index (χ1) is 10.5. The van der Waals surface area contributed by atoms with Gasteiger partial charge < -0.3 is 10.0 Å². The number of aliphatic hydroxyl groups excluding tert-OH is 1. The Balaban J connectivity index is 1.95. The van der Waals surface area contributed by atoms with Gasteiger partial charge >= 0.3 is 0 Å². The maximum absolute atomic E-state index is 11.5. The molecule has 0 spiro atoms. The Morgan fingerprint density at radius 2 is 1.91 bits per heavy atom. The van der Waals surface area contributed by atoms with Crippen molar-refractivity contribution in [2.24, 2.45) is 5.41 Å². The van der Waals surface area contributed by atoms with Crippen LogP contribution >= 0.6 is 0 Å². The van der Waals surface area contributed by atoms with Crippen LogP contribution in [0.2, 0.25) is 0 Å². The highest BCUT2D eigenvalue weighted by Gasteiger charge is 2.37. The van der Waals surface area contributed by atoms with Crippen LogP contribution in [0.25, 0.3) is 0 Å². The van der Waals surface area contributed by atoms with Crippen LogP contribution in [0.3, 0.4) is 0 Å². The molecule has 4 heteroatoms. The highest BCUT2D eigenvalue weighted by Crippen LogP contribution is 2.36. The second-order valence-corrected chi connectivity index (χ2v) is 7.45. The molecule has 126 valence electrons. The molecule has 22 heavy (non-hydrogen) atoms. The zero-order valence-corrected chi connectivity index (χ0v) is 14.5. The fourth-order valence-corrected chi connectivity index (χ4v) is 3.88. The van der Waals surface area contributed by atoms with E-state index in [0.717, 1.165) is 51.9 Å². The van der Waals surface area contributed by atoms with E-state index in [9.17, 15) is 9.90 Å². The number of allylic oxidation sites excluding steroid dienone is 2. The lowest BCUT2D eigenvalue weighted by Crippen LogP contribution is -2.53. The molecule has 4 nitrogen and oxygen atoms in total. The van der Waals surface area contributed by atoms with Gasteiger partial charge in [-0.3, -0.25) is 9.69 Å². The fraction of sp³-hybridized carbons (Fsp3) is 0.833. The van der Waals surface area contributed by atoms with E-state index in [1.165, 1.54) is 12.0 Å². The predicted molar refractivity (Wildman–Crippen MR) is 89.6 cm³/mol. The van der Waals surface area contributed by atoms with Crippen molar-refractivity contribution in [3.05, 3.63) is 11.6 Å². The first kappa shape index (κ1) is 17.5. The number of hydrogen-bond donors (Lipinski definition) is 1. The Hall–Kier alpha value is -0.870. The molecular formula is C18H32N2O2. The second kappa shape index (κ2) is 7.60. The largest absolute Gasteiger partial charge is 0.396 e. The van der Waals surface area contributed by atoms with Crippen molar-refractivity contribution < 1.29 is 9.90 Å². The number of amides is 1. The van der Waals surface area contributed by atoms with Gasteiger partial charge in [0.2, 0.25) is 5.91 Å². The molecule has 2 heterocycles. The molecule has 0 unspecified atom stereocenters. The Morgan fingerprint density at radius 1 is 1.23 bits per heavy atom. The number of carbonyl (C=O) groups excluding carboxylic acids is 1. The normalized spacial score (nSPS) is 27.7. The third-order valence-corrected chi connectivity index (χ3v) is 5.40. The minimum Gasteiger partial charge on any atom is -0.396 e. The average Bonchev–Trinajstić information content (AvgIpc) is 2.53. The molecule has 2 saturated heterocycles. The monoisotopic (exact) mass is 308 g/mol. The highest BCUT2D eigenvalue weighted by molar-refractivity contribution is 5.73. The van der Waals surface area contributed by atoms with Crippen LogP contribution in [0.1, 0.15) is 52.9 Å². The Bertz CT molecular complexity index is 409. The van der Waals surface area contributed by atoms with Gasteiger partial charge in [-0.2, -0.15) is 0 Å². The van der Waals surface area contributed by atoms with Crippen molar-refractivity contribution in [2.45, 2.75) is 58.9 Å². The first-order valence-corrected chi connectivity index (χ1v) is 8.69. The van der Waals surface area contributed by atoms with Gasteiger partial charge in [-0.25, -0.2) is 0 Å². The molecule has 2 rings (SSSR count). The van der Waals surface area contributed by atoms with E-state index < -0.39 is 0 Å². The topological polar surface area (TPSA) is 43.8 Å². The van der Waals surface area contributed by atoms with Crippen molar-refractivity contribution >= 4 is 5.91 Å². The van der Waals surface area contributed by atoms with E-state index in [1.54, 1.807) is 6.92 Å². The van der Waals surface area contributed by atoms with Crippen molar-refractivity contribution in [1.82, 2.24) is 9.80 Å². The fourth-order valence-electron chi connectivity index (χ4n) is 3.88. The molecule has 0 aromatic heterocycles. The van der Waals surface area contributed by atoms with E-state index in [-0.39, 0.29) is 17.9 Å². The minimum atomic E-state index is 0.0350. The summed E-state index contributed by atoms with van der Waals surface area (Å²) in [6.07, 6.45) is 7.69. The van der Waals surface area contributed by atoms with Gasteiger partial charge in [0.15, 0.2) is 0 Å². The van der Waals surface area contributed by atoms with Gasteiger partial charge in [0.25, 0.3) is 0 Å². The average molecular weight is 308 g/mol. The van der Waals surface area contributed by atoms with Crippen LogP contribution in [0.4, 0.5) is 0 Å². The second-order valence-electron chi connectivity index (χ2n) is 7.45. The van der Waals surface area contributed by atoms with Gasteiger partial charge in [0.1, 0.15) is 0 Å². The summed E-state index contributed by atoms with van der Waals surface area (Å²) in [7, 11) is 0. The molecule has 1 N–H and O–H groups in total. The summed E-state index contributed by atoms with van der Waals surface area (Å²) >= 11 is 0. The van der Waals surface area contributed by atoms with Gasteiger partial charge in [0.05, 0.1) is 6.61 Å². The molecule has 0 aliphatic carbocycles. The molecular weight excluding hydrogens is 276 g/mol. The van der Waals surface area contributed by atoms with Crippen molar-refractivity contribution in [2.75, 3.05) is 32.8 Å². The Kier molecular flexibility index (Phi) is 6.04. The van der Waals surface area contributed by atoms with Crippen LogP contribution in [0.5, 0.6) is 0 Å². The van der Waals surface area contributed by atoms with Crippen LogP contribution in [-0.4, -0.2) is 59.6 Å². The highest BCUT2D eigenvalue weighted by atomic mass is 16.3. The SMILES string of the molecule is CC(=O)N1CCC(N2CCC[C@](CO)(CC=C(C)C)C2)CC1. The number of piperidine rings is 2. The summed E-state index contributed by atoms with van der Waals surface area (Å²) in [5.74, 6) is 0.199. The first-order valence-electron chi connectivity index (χ1n) is 8.69. The maximum atomic E-state index is 11.5. The molecule has 0 radical (unpaired) electrons. The van der Waals surface area contributed by atoms with Crippen LogP contribution in [0, 0.1) is 5.41 Å². The number of nitrogens with zero attached hydrogens (tertiary/aromatic N) is 2. The summed E-state index contributed by atoms with van der Waals surface area (Å²) < 4.78 is 0. The Labute approximate surface area is 135 Å². The van der Waals surface area contributed by atoms with E-state index in [1.807, 2.05) is 4.90 Å². The molecule has 1 atom stereocenters. The predicted octanol–water partition coefficient (Wildman–Crippen LogP) is 2.43. The van der Waals surface area contributed by atoms with Crippen molar-refractivity contribution in [1.29, 1.82) is 0 Å². The number of carbonyl (C=O) groups is 1. The van der Waals surface area contributed by atoms with Gasteiger partial charge in [-0.1, -0.05) is 11.6 Å². The van der Waals surface area contributed by atoms with Crippen molar-refractivity contribution in [3.8, 4) is 0 Å². The van der Waals surface area contributed by atoms with Crippen LogP contribution in [-0.2, 0) is 4.79 Å². The van der Waals surface area contributed by atoms with Crippen molar-refractivity contribution in [3.63, 3.8) is 0 Å². The molecule has 0 aromatic rings. The molecule has 0 aromatic carbocycles. The van der Waals surface area contributed by atoms with Gasteiger partial charge in [0, 0.05) is 38.0 Å². The van der Waals surface area contributed by atoms with Crippen LogP contribution < -0.4 is 0 Å². The summed E-state index contributed by atoms with van der Waals surface area (Å²) in [6, 6.07) is 0.577. The molecule has 2 fully saturated rings. The molecule has 0 saturated carbocycles. The summed E-state index contributed by atoms with van der Waals surface area (Å²) in [6.45, 7) is 10.1. The van der Waals surface area contributed by atoms with E-state index >= 15 is 0 Å². The van der Waals surface area contributed by atoms with Gasteiger partial charge in [-0.15, -0.1) is 0 Å². The molecule has 1 amide bonds. The zero-order chi connectivity index (χ0) is 16.2.